The second-order valence-corrected chi connectivity index (χ2v) is 18.9. The smallest absolute Gasteiger partial charge is 0.152 e. The minimum atomic E-state index is -0.233. The van der Waals surface area contributed by atoms with Crippen LogP contribution in [0.2, 0.25) is 0 Å². The summed E-state index contributed by atoms with van der Waals surface area (Å²) in [4.78, 5) is 4.87. The van der Waals surface area contributed by atoms with Crippen molar-refractivity contribution in [3.63, 3.8) is 0 Å². The summed E-state index contributed by atoms with van der Waals surface area (Å²) in [6, 6.07) is 84.5. The van der Waals surface area contributed by atoms with E-state index in [0.29, 0.717) is 0 Å². The number of ether oxygens (including phenoxy) is 1. The molecule has 2 heterocycles. The highest BCUT2D eigenvalue weighted by molar-refractivity contribution is 6.28. The lowest BCUT2D eigenvalue weighted by molar-refractivity contribution is 0.478. The van der Waals surface area contributed by atoms with Crippen LogP contribution in [0.1, 0.15) is 25.0 Å². The highest BCUT2D eigenvalue weighted by Gasteiger charge is 2.37. The van der Waals surface area contributed by atoms with Crippen LogP contribution in [0.15, 0.2) is 231 Å². The van der Waals surface area contributed by atoms with Gasteiger partial charge in [-0.15, -0.1) is 0 Å². The fourth-order valence-corrected chi connectivity index (χ4v) is 11.4. The van der Waals surface area contributed by atoms with Crippen LogP contribution < -0.4 is 14.5 Å². The van der Waals surface area contributed by atoms with Gasteiger partial charge >= 0.3 is 0 Å². The fourth-order valence-electron chi connectivity index (χ4n) is 11.4. The van der Waals surface area contributed by atoms with Crippen LogP contribution in [0, 0.1) is 0 Å². The molecule has 3 nitrogen and oxygen atoms in total. The minimum absolute atomic E-state index is 0.233. The lowest BCUT2D eigenvalue weighted by Gasteiger charge is -2.42. The molecule has 0 aromatic heterocycles. The van der Waals surface area contributed by atoms with Gasteiger partial charge < -0.3 is 14.5 Å². The van der Waals surface area contributed by atoms with Crippen LogP contribution in [0.25, 0.3) is 76.5 Å². The molecule has 0 saturated carbocycles. The molecule has 0 radical (unpaired) electrons. The van der Waals surface area contributed by atoms with Crippen molar-refractivity contribution < 1.29 is 4.74 Å². The van der Waals surface area contributed by atoms with E-state index >= 15 is 0 Å². The number of hydrogen-bond donors (Lipinski definition) is 0. The third kappa shape index (κ3) is 5.79. The molecular formula is C65H44N2O. The van der Waals surface area contributed by atoms with Gasteiger partial charge in [-0.2, -0.15) is 0 Å². The van der Waals surface area contributed by atoms with Gasteiger partial charge in [0.15, 0.2) is 11.5 Å². The second-order valence-electron chi connectivity index (χ2n) is 18.9. The van der Waals surface area contributed by atoms with Gasteiger partial charge in [0.1, 0.15) is 0 Å². The quantitative estimate of drug-likeness (QED) is 0.160. The van der Waals surface area contributed by atoms with Crippen molar-refractivity contribution in [2.24, 2.45) is 0 Å². The van der Waals surface area contributed by atoms with Gasteiger partial charge in [0.05, 0.1) is 28.4 Å². The normalized spacial score (nSPS) is 13.6. The molecule has 0 aliphatic carbocycles. The van der Waals surface area contributed by atoms with E-state index in [4.69, 9.17) is 4.74 Å². The standard InChI is InChI=1S/C65H44N2O/c1-65(2)54-22-11-12-23-57(54)66(50-20-7-4-8-21-50)58-34-28-47(37-55(58)65)48-29-35-61-59(39-48)67(60-38-45-16-9-10-17-46(45)40-62(60)68-61)56-33-27-43-25-31-52-51(30-24-42-26-32-53(56)64(43)63(42)52)49-19-13-18-44(36-49)41-14-5-3-6-15-41/h3-40H,1-2H3. The minimum Gasteiger partial charge on any atom is -0.453 e. The Balaban J connectivity index is 0.958. The van der Waals surface area contributed by atoms with Gasteiger partial charge in [0.2, 0.25) is 0 Å². The van der Waals surface area contributed by atoms with Gasteiger partial charge in [0, 0.05) is 16.5 Å². The zero-order valence-electron chi connectivity index (χ0n) is 37.7. The van der Waals surface area contributed by atoms with Gasteiger partial charge in [-0.25, -0.2) is 0 Å². The first kappa shape index (κ1) is 38.6. The maximum absolute atomic E-state index is 6.94. The van der Waals surface area contributed by atoms with Crippen LogP contribution >= 0.6 is 0 Å². The summed E-state index contributed by atoms with van der Waals surface area (Å²) in [6.07, 6.45) is 0. The van der Waals surface area contributed by atoms with Crippen molar-refractivity contribution in [1.82, 2.24) is 0 Å². The Bertz CT molecular complexity index is 3980. The Morgan fingerprint density at radius 1 is 0.324 bits per heavy atom. The van der Waals surface area contributed by atoms with Gasteiger partial charge in [-0.3, -0.25) is 0 Å². The van der Waals surface area contributed by atoms with E-state index in [-0.39, 0.29) is 5.41 Å². The first-order chi connectivity index (χ1) is 33.5. The summed E-state index contributed by atoms with van der Waals surface area (Å²) in [5, 5.41) is 9.77. The summed E-state index contributed by atoms with van der Waals surface area (Å²) < 4.78 is 6.94. The maximum Gasteiger partial charge on any atom is 0.152 e. The lowest BCUT2D eigenvalue weighted by Crippen LogP contribution is -2.30. The lowest BCUT2D eigenvalue weighted by atomic mass is 9.73. The van der Waals surface area contributed by atoms with E-state index in [2.05, 4.69) is 254 Å². The van der Waals surface area contributed by atoms with Crippen LogP contribution in [0.4, 0.5) is 34.1 Å². The van der Waals surface area contributed by atoms with Crippen molar-refractivity contribution in [1.29, 1.82) is 0 Å². The number of nitrogens with zero attached hydrogens (tertiary/aromatic N) is 2. The highest BCUT2D eigenvalue weighted by atomic mass is 16.5. The van der Waals surface area contributed by atoms with E-state index in [0.717, 1.165) is 50.8 Å². The summed E-state index contributed by atoms with van der Waals surface area (Å²) in [6.45, 7) is 4.72. The van der Waals surface area contributed by atoms with Crippen molar-refractivity contribution in [2.75, 3.05) is 9.80 Å². The molecule has 0 spiro atoms. The molecule has 0 bridgehead atoms. The van der Waals surface area contributed by atoms with Crippen LogP contribution in [0.3, 0.4) is 0 Å². The number of para-hydroxylation sites is 2. The molecule has 0 saturated heterocycles. The van der Waals surface area contributed by atoms with E-state index in [1.54, 1.807) is 0 Å². The van der Waals surface area contributed by atoms with Crippen LogP contribution in [0.5, 0.6) is 11.5 Å². The topological polar surface area (TPSA) is 15.7 Å². The molecule has 3 heteroatoms. The van der Waals surface area contributed by atoms with E-state index in [9.17, 15) is 0 Å². The van der Waals surface area contributed by atoms with Crippen molar-refractivity contribution in [3.8, 4) is 44.9 Å². The van der Waals surface area contributed by atoms with Crippen LogP contribution in [-0.2, 0) is 5.41 Å². The van der Waals surface area contributed by atoms with Gasteiger partial charge in [0.25, 0.3) is 0 Å². The van der Waals surface area contributed by atoms with E-state index in [1.165, 1.54) is 82.5 Å². The van der Waals surface area contributed by atoms with Crippen molar-refractivity contribution in [3.05, 3.63) is 242 Å². The number of rotatable bonds is 5. The van der Waals surface area contributed by atoms with Crippen molar-refractivity contribution in [2.45, 2.75) is 19.3 Å². The molecule has 12 aromatic carbocycles. The summed E-state index contributed by atoms with van der Waals surface area (Å²) in [5.74, 6) is 1.66. The molecule has 2 aliphatic heterocycles. The monoisotopic (exact) mass is 868 g/mol. The number of hydrogen-bond acceptors (Lipinski definition) is 3. The average Bonchev–Trinajstić information content (AvgIpc) is 3.39. The number of benzene rings is 12. The number of anilines is 6. The highest BCUT2D eigenvalue weighted by Crippen LogP contribution is 2.56. The SMILES string of the molecule is CC1(C)c2ccccc2N(c2ccccc2)c2ccc(-c3ccc4c(c3)N(c3ccc5ccc6c(-c7cccc(-c8ccccc8)c7)ccc7ccc3c5c76)c3cc5ccccc5cc3O4)cc21. The third-order valence-corrected chi connectivity index (χ3v) is 14.7. The van der Waals surface area contributed by atoms with Crippen molar-refractivity contribution >= 4 is 77.2 Å². The molecule has 68 heavy (non-hydrogen) atoms. The largest absolute Gasteiger partial charge is 0.453 e. The van der Waals surface area contributed by atoms with Crippen LogP contribution in [-0.4, -0.2) is 0 Å². The Hall–Kier alpha value is -8.66. The third-order valence-electron chi connectivity index (χ3n) is 14.7. The Labute approximate surface area is 395 Å². The van der Waals surface area contributed by atoms with E-state index < -0.39 is 0 Å². The Morgan fingerprint density at radius 2 is 0.912 bits per heavy atom. The molecule has 0 fully saturated rings. The summed E-state index contributed by atoms with van der Waals surface area (Å²) >= 11 is 0. The summed E-state index contributed by atoms with van der Waals surface area (Å²) in [5.41, 5.74) is 16.2. The number of fused-ring (bicyclic) bond motifs is 5. The zero-order chi connectivity index (χ0) is 45.1. The Kier molecular flexibility index (Phi) is 8.33. The first-order valence-corrected chi connectivity index (χ1v) is 23.6. The van der Waals surface area contributed by atoms with Gasteiger partial charge in [-0.05, 0) is 149 Å². The molecule has 0 atom stereocenters. The predicted octanol–water partition coefficient (Wildman–Crippen LogP) is 18.4. The fraction of sp³-hybridized carbons (Fsp3) is 0.0462. The molecule has 0 N–H and O–H groups in total. The first-order valence-electron chi connectivity index (χ1n) is 23.6. The summed E-state index contributed by atoms with van der Waals surface area (Å²) in [7, 11) is 0. The molecular weight excluding hydrogens is 825 g/mol. The second kappa shape index (κ2) is 14.7. The molecule has 12 aromatic rings. The zero-order valence-corrected chi connectivity index (χ0v) is 37.7. The molecule has 2 aliphatic rings. The average molecular weight is 869 g/mol. The molecule has 0 unspecified atom stereocenters. The van der Waals surface area contributed by atoms with E-state index in [1.807, 2.05) is 0 Å². The maximum atomic E-state index is 6.94. The predicted molar refractivity (Wildman–Crippen MR) is 286 cm³/mol. The molecule has 14 rings (SSSR count). The Morgan fingerprint density at radius 3 is 1.75 bits per heavy atom. The molecule has 0 amide bonds. The molecule has 320 valence electrons. The van der Waals surface area contributed by atoms with Gasteiger partial charge in [-0.1, -0.05) is 178 Å².